The van der Waals surface area contributed by atoms with E-state index < -0.39 is 18.5 Å². The Bertz CT molecular complexity index is 640. The van der Waals surface area contributed by atoms with Crippen molar-refractivity contribution in [2.45, 2.75) is 12.8 Å². The highest BCUT2D eigenvalue weighted by Gasteiger charge is 2.31. The van der Waals surface area contributed by atoms with E-state index >= 15 is 0 Å². The van der Waals surface area contributed by atoms with Crippen LogP contribution in [0.15, 0.2) is 42.5 Å². The van der Waals surface area contributed by atoms with Crippen molar-refractivity contribution < 1.29 is 26.7 Å². The summed E-state index contributed by atoms with van der Waals surface area (Å²) in [7, 11) is 0. The highest BCUT2D eigenvalue weighted by Crippen LogP contribution is 2.35. The van der Waals surface area contributed by atoms with Crippen molar-refractivity contribution in [2.24, 2.45) is 0 Å². The van der Waals surface area contributed by atoms with Gasteiger partial charge in [-0.05, 0) is 35.4 Å². The summed E-state index contributed by atoms with van der Waals surface area (Å²) in [4.78, 5) is 0. The minimum absolute atomic E-state index is 0.104. The van der Waals surface area contributed by atoms with Gasteiger partial charge in [0.15, 0.2) is 0 Å². The number of hydrogen-bond donors (Lipinski definition) is 1. The van der Waals surface area contributed by atoms with Crippen LogP contribution in [0.3, 0.4) is 0 Å². The normalized spacial score (nSPS) is 11.7. The molecule has 2 rings (SSSR count). The summed E-state index contributed by atoms with van der Waals surface area (Å²) in [5, 5.41) is 0. The largest absolute Gasteiger partial charge is 0.573 e. The van der Waals surface area contributed by atoms with E-state index in [9.17, 15) is 22.0 Å². The van der Waals surface area contributed by atoms with Gasteiger partial charge in [0.2, 0.25) is 0 Å². The Hall–Kier alpha value is -2.31. The molecule has 0 unspecified atom stereocenters. The summed E-state index contributed by atoms with van der Waals surface area (Å²) in [5.41, 5.74) is 5.54. The number of benzene rings is 2. The maximum absolute atomic E-state index is 13.0. The molecular formula is C14H10F5NO. The van der Waals surface area contributed by atoms with Crippen LogP contribution < -0.4 is 10.5 Å². The van der Waals surface area contributed by atoms with Crippen LogP contribution in [-0.2, 0) is 0 Å². The van der Waals surface area contributed by atoms with E-state index in [1.165, 1.54) is 24.3 Å². The van der Waals surface area contributed by atoms with Crippen LogP contribution in [0, 0.1) is 0 Å². The molecule has 0 saturated heterocycles. The number of hydrogen-bond acceptors (Lipinski definition) is 2. The average molecular weight is 303 g/mol. The maximum Gasteiger partial charge on any atom is 0.573 e. The molecule has 0 amide bonds. The molecule has 7 heteroatoms. The molecule has 0 bridgehead atoms. The molecule has 2 N–H and O–H groups in total. The second kappa shape index (κ2) is 5.59. The Labute approximate surface area is 116 Å². The molecule has 0 saturated carbocycles. The standard InChI is InChI=1S/C14H10F5NO/c15-13(16)12-7-9(20)4-5-11(12)8-2-1-3-10(6-8)21-14(17,18)19/h1-7,13H,20H2. The van der Waals surface area contributed by atoms with Gasteiger partial charge in [0, 0.05) is 11.3 Å². The van der Waals surface area contributed by atoms with Crippen LogP contribution in [0.25, 0.3) is 11.1 Å². The van der Waals surface area contributed by atoms with Crippen LogP contribution in [0.1, 0.15) is 12.0 Å². The third kappa shape index (κ3) is 3.84. The van der Waals surface area contributed by atoms with Crippen molar-refractivity contribution in [1.82, 2.24) is 0 Å². The van der Waals surface area contributed by atoms with Crippen molar-refractivity contribution in [3.05, 3.63) is 48.0 Å². The van der Waals surface area contributed by atoms with Gasteiger partial charge in [-0.3, -0.25) is 0 Å². The van der Waals surface area contributed by atoms with E-state index in [4.69, 9.17) is 5.73 Å². The average Bonchev–Trinajstić information content (AvgIpc) is 2.36. The number of halogens is 5. The van der Waals surface area contributed by atoms with Crippen molar-refractivity contribution in [2.75, 3.05) is 5.73 Å². The summed E-state index contributed by atoms with van der Waals surface area (Å²) in [5.74, 6) is -0.475. The number of alkyl halides is 5. The maximum atomic E-state index is 13.0. The molecule has 0 aliphatic carbocycles. The summed E-state index contributed by atoms with van der Waals surface area (Å²) >= 11 is 0. The van der Waals surface area contributed by atoms with Crippen LogP contribution >= 0.6 is 0 Å². The minimum atomic E-state index is -4.84. The second-order valence-corrected chi connectivity index (χ2v) is 4.22. The number of nitrogens with two attached hydrogens (primary N) is 1. The van der Waals surface area contributed by atoms with E-state index in [-0.39, 0.29) is 22.4 Å². The molecule has 0 fully saturated rings. The van der Waals surface area contributed by atoms with E-state index in [1.807, 2.05) is 0 Å². The lowest BCUT2D eigenvalue weighted by atomic mass is 9.99. The summed E-state index contributed by atoms with van der Waals surface area (Å²) in [6.45, 7) is 0. The molecule has 0 aliphatic heterocycles. The summed E-state index contributed by atoms with van der Waals surface area (Å²) in [6, 6.07) is 8.68. The van der Waals surface area contributed by atoms with Gasteiger partial charge < -0.3 is 10.5 Å². The zero-order valence-electron chi connectivity index (χ0n) is 10.5. The van der Waals surface area contributed by atoms with Gasteiger partial charge >= 0.3 is 6.36 Å². The predicted octanol–water partition coefficient (Wildman–Crippen LogP) is 4.77. The van der Waals surface area contributed by atoms with E-state index in [2.05, 4.69) is 4.74 Å². The first-order chi connectivity index (χ1) is 9.76. The smallest absolute Gasteiger partial charge is 0.406 e. The molecular weight excluding hydrogens is 293 g/mol. The Balaban J connectivity index is 2.45. The molecule has 2 nitrogen and oxygen atoms in total. The monoisotopic (exact) mass is 303 g/mol. The van der Waals surface area contributed by atoms with Gasteiger partial charge in [-0.25, -0.2) is 8.78 Å². The number of ether oxygens (including phenoxy) is 1. The first-order valence-corrected chi connectivity index (χ1v) is 5.80. The predicted molar refractivity (Wildman–Crippen MR) is 67.9 cm³/mol. The van der Waals surface area contributed by atoms with Gasteiger partial charge in [-0.2, -0.15) is 0 Å². The molecule has 0 atom stereocenters. The lowest BCUT2D eigenvalue weighted by molar-refractivity contribution is -0.274. The molecule has 0 spiro atoms. The van der Waals surface area contributed by atoms with E-state index in [1.54, 1.807) is 0 Å². The molecule has 0 heterocycles. The Morgan fingerprint density at radius 3 is 2.33 bits per heavy atom. The second-order valence-electron chi connectivity index (χ2n) is 4.22. The third-order valence-electron chi connectivity index (χ3n) is 2.69. The van der Waals surface area contributed by atoms with E-state index in [0.29, 0.717) is 0 Å². The quantitative estimate of drug-likeness (QED) is 0.654. The van der Waals surface area contributed by atoms with Crippen LogP contribution in [0.5, 0.6) is 5.75 Å². The van der Waals surface area contributed by atoms with Gasteiger partial charge in [-0.1, -0.05) is 18.2 Å². The lowest BCUT2D eigenvalue weighted by Gasteiger charge is -2.13. The van der Waals surface area contributed by atoms with Gasteiger partial charge in [0.05, 0.1) is 0 Å². The molecule has 0 radical (unpaired) electrons. The van der Waals surface area contributed by atoms with Crippen LogP contribution in [0.4, 0.5) is 27.6 Å². The fourth-order valence-electron chi connectivity index (χ4n) is 1.89. The molecule has 0 aliphatic rings. The first kappa shape index (κ1) is 15.1. The fourth-order valence-corrected chi connectivity index (χ4v) is 1.89. The van der Waals surface area contributed by atoms with Crippen molar-refractivity contribution in [3.63, 3.8) is 0 Å². The number of rotatable bonds is 3. The zero-order chi connectivity index (χ0) is 15.6. The van der Waals surface area contributed by atoms with Crippen LogP contribution in [-0.4, -0.2) is 6.36 Å². The zero-order valence-corrected chi connectivity index (χ0v) is 10.5. The SMILES string of the molecule is Nc1ccc(-c2cccc(OC(F)(F)F)c2)c(C(F)F)c1. The first-order valence-electron chi connectivity index (χ1n) is 5.80. The lowest BCUT2D eigenvalue weighted by Crippen LogP contribution is -2.17. The summed E-state index contributed by atoms with van der Waals surface area (Å²) < 4.78 is 66.3. The van der Waals surface area contributed by atoms with Crippen LogP contribution in [0.2, 0.25) is 0 Å². The third-order valence-corrected chi connectivity index (χ3v) is 2.69. The van der Waals surface area contributed by atoms with Gasteiger partial charge in [-0.15, -0.1) is 13.2 Å². The number of anilines is 1. The van der Waals surface area contributed by atoms with Gasteiger partial charge in [0.1, 0.15) is 5.75 Å². The highest BCUT2D eigenvalue weighted by atomic mass is 19.4. The Morgan fingerprint density at radius 1 is 1.00 bits per heavy atom. The van der Waals surface area contributed by atoms with Crippen molar-refractivity contribution in [3.8, 4) is 16.9 Å². The molecule has 21 heavy (non-hydrogen) atoms. The van der Waals surface area contributed by atoms with Crippen molar-refractivity contribution in [1.29, 1.82) is 0 Å². The fraction of sp³-hybridized carbons (Fsp3) is 0.143. The van der Waals surface area contributed by atoms with Crippen molar-refractivity contribution >= 4 is 5.69 Å². The minimum Gasteiger partial charge on any atom is -0.406 e. The Kier molecular flexibility index (Phi) is 4.02. The molecule has 112 valence electrons. The summed E-state index contributed by atoms with van der Waals surface area (Å²) in [6.07, 6.45) is -7.64. The van der Waals surface area contributed by atoms with E-state index in [0.717, 1.165) is 18.2 Å². The molecule has 2 aromatic rings. The van der Waals surface area contributed by atoms with Gasteiger partial charge in [0.25, 0.3) is 6.43 Å². The topological polar surface area (TPSA) is 35.2 Å². The Morgan fingerprint density at radius 2 is 1.71 bits per heavy atom. The highest BCUT2D eigenvalue weighted by molar-refractivity contribution is 5.71. The number of nitrogen functional groups attached to an aromatic ring is 1. The molecule has 2 aromatic carbocycles. The molecule has 0 aromatic heterocycles.